The lowest BCUT2D eigenvalue weighted by atomic mass is 9.97. The molecule has 8 heterocycles. The lowest BCUT2D eigenvalue weighted by Crippen LogP contribution is -2.66. The fourth-order valence-corrected chi connectivity index (χ4v) is 10.2. The highest BCUT2D eigenvalue weighted by Gasteiger charge is 2.57. The lowest BCUT2D eigenvalue weighted by Gasteiger charge is -2.48. The Morgan fingerprint density at radius 1 is 0.304 bits per heavy atom. The molecule has 460 valence electrons. The monoisotopic (exact) mass is 1160 g/mol. The Kier molecular flexibility index (Phi) is 21.7. The molecule has 8 aliphatic heterocycles. The summed E-state index contributed by atoms with van der Waals surface area (Å²) in [4.78, 5) is 0. The highest BCUT2D eigenvalue weighted by atomic mass is 16.8. The summed E-state index contributed by atoms with van der Waals surface area (Å²) in [5.41, 5.74) is 0. The van der Waals surface area contributed by atoms with Gasteiger partial charge in [0.05, 0.1) is 51.8 Å². The van der Waals surface area contributed by atoms with Gasteiger partial charge in [0.25, 0.3) is 0 Å². The van der Waals surface area contributed by atoms with Gasteiger partial charge >= 0.3 is 0 Å². The van der Waals surface area contributed by atoms with Crippen molar-refractivity contribution in [2.45, 2.75) is 235 Å². The molecule has 35 heteroatoms. The average Bonchev–Trinajstić information content (AvgIpc) is 3.43. The van der Waals surface area contributed by atoms with Crippen LogP contribution < -0.4 is 0 Å². The zero-order valence-corrected chi connectivity index (χ0v) is 42.1. The Morgan fingerprint density at radius 3 is 1.30 bits per heavy atom. The summed E-state index contributed by atoms with van der Waals surface area (Å²) in [6.45, 7) is -1.25. The Morgan fingerprint density at radius 2 is 0.709 bits per heavy atom. The average molecular weight is 1160 g/mol. The summed E-state index contributed by atoms with van der Waals surface area (Å²) >= 11 is 0. The van der Waals surface area contributed by atoms with E-state index in [0.717, 1.165) is 0 Å². The maximum atomic E-state index is 11.5. The zero-order valence-electron chi connectivity index (χ0n) is 42.1. The Balaban J connectivity index is 0.892. The van der Waals surface area contributed by atoms with Gasteiger partial charge in [-0.3, -0.25) is 0 Å². The number of aliphatic hydroxyl groups is 20. The van der Waals surface area contributed by atoms with E-state index in [1.54, 1.807) is 0 Å². The summed E-state index contributed by atoms with van der Waals surface area (Å²) in [6, 6.07) is 0. The molecule has 36 atom stereocenters. The minimum Gasteiger partial charge on any atom is -0.394 e. The summed E-state index contributed by atoms with van der Waals surface area (Å²) < 4.78 is 84.0. The summed E-state index contributed by atoms with van der Waals surface area (Å²) in [5.74, 6) is 0. The van der Waals surface area contributed by atoms with Crippen LogP contribution in [0.1, 0.15) is 13.8 Å². The van der Waals surface area contributed by atoms with Gasteiger partial charge in [-0.15, -0.1) is 0 Å². The maximum absolute atomic E-state index is 11.5. The minimum atomic E-state index is -2.15. The third-order valence-corrected chi connectivity index (χ3v) is 15.0. The van der Waals surface area contributed by atoms with Crippen LogP contribution in [0.25, 0.3) is 0 Å². The molecule has 0 amide bonds. The topological polar surface area (TPSA) is 543 Å². The van der Waals surface area contributed by atoms with Crippen LogP contribution in [0.15, 0.2) is 0 Å². The Bertz CT molecular complexity index is 1890. The normalized spacial score (nSPS) is 55.1. The van der Waals surface area contributed by atoms with Gasteiger partial charge in [-0.25, -0.2) is 0 Å². The number of aliphatic hydroxyl groups excluding tert-OH is 20. The molecule has 0 aromatic carbocycles. The van der Waals surface area contributed by atoms with Gasteiger partial charge in [-0.05, 0) is 13.8 Å². The van der Waals surface area contributed by atoms with Crippen molar-refractivity contribution in [2.75, 3.05) is 39.6 Å². The molecule has 0 bridgehead atoms. The van der Waals surface area contributed by atoms with Gasteiger partial charge in [-0.2, -0.15) is 0 Å². The van der Waals surface area contributed by atoms with E-state index in [1.165, 1.54) is 13.8 Å². The summed E-state index contributed by atoms with van der Waals surface area (Å²) in [5, 5.41) is 215. The second-order valence-corrected chi connectivity index (χ2v) is 20.6. The predicted molar refractivity (Wildman–Crippen MR) is 238 cm³/mol. The Hall–Kier alpha value is -1.40. The van der Waals surface area contributed by atoms with Crippen LogP contribution in [0.2, 0.25) is 0 Å². The first-order chi connectivity index (χ1) is 37.3. The van der Waals surface area contributed by atoms with Crippen LogP contribution in [0.4, 0.5) is 0 Å². The first kappa shape index (κ1) is 63.6. The third kappa shape index (κ3) is 13.5. The van der Waals surface area contributed by atoms with Crippen LogP contribution in [-0.4, -0.2) is 363 Å². The van der Waals surface area contributed by atoms with Crippen LogP contribution in [0, 0.1) is 0 Å². The molecule has 79 heavy (non-hydrogen) atoms. The highest BCUT2D eigenvalue weighted by molar-refractivity contribution is 4.98. The molecule has 0 saturated carbocycles. The van der Waals surface area contributed by atoms with E-state index in [2.05, 4.69) is 0 Å². The summed E-state index contributed by atoms with van der Waals surface area (Å²) in [7, 11) is 0. The van der Waals surface area contributed by atoms with Crippen molar-refractivity contribution in [3.05, 3.63) is 0 Å². The van der Waals surface area contributed by atoms with Crippen molar-refractivity contribution in [3.63, 3.8) is 0 Å². The lowest BCUT2D eigenvalue weighted by molar-refractivity contribution is -0.388. The molecule has 20 N–H and O–H groups in total. The summed E-state index contributed by atoms with van der Waals surface area (Å²) in [6.07, 6.45) is -63.9. The van der Waals surface area contributed by atoms with Gasteiger partial charge in [0.1, 0.15) is 159 Å². The van der Waals surface area contributed by atoms with E-state index in [-0.39, 0.29) is 0 Å². The van der Waals surface area contributed by atoms with E-state index < -0.39 is 261 Å². The molecule has 0 spiro atoms. The second kappa shape index (κ2) is 26.9. The maximum Gasteiger partial charge on any atom is 0.187 e. The molecular formula is C44H74O35. The molecule has 8 saturated heterocycles. The standard InChI is InChI=1S/C44H74O35/c1-9-17(50)35(30(63)44(70-9)79-36-19(52)12(47)4-65-37(36)64)78-41-29(62)32(13(48)7-68-41)75-42-26(59)22(55)31(10(2)71-42)74-40-28(61)33(14(49)6-67-40)76-43-27(60)23(56)34(77-39-24(57)18(51)11(46)5-66-39)16(73-43)8-69-38-25(58)21(54)20(53)15(3-45)72-38/h9-64H,3-8H2,1-2H3/t9-,10-,11+,12+,13+,14+,15+,16+,17-,18-,19-,20+,21-,22-,23+,24+,25+,26+,27+,28+,29+,30+,31-,32-,33-,34+,35+,36+,37?,38+,39-,40-,41-,42-,43-,44-/m0/s1. The number of hydrogen-bond acceptors (Lipinski definition) is 35. The molecule has 0 aromatic heterocycles. The van der Waals surface area contributed by atoms with Crippen LogP contribution in [0.3, 0.4) is 0 Å². The fraction of sp³-hybridized carbons (Fsp3) is 1.00. The second-order valence-electron chi connectivity index (χ2n) is 20.6. The first-order valence-electron chi connectivity index (χ1n) is 25.5. The molecular weight excluding hydrogens is 1090 g/mol. The van der Waals surface area contributed by atoms with Crippen molar-refractivity contribution in [3.8, 4) is 0 Å². The number of ether oxygens (including phenoxy) is 15. The van der Waals surface area contributed by atoms with Crippen molar-refractivity contribution in [2.24, 2.45) is 0 Å². The molecule has 0 aromatic rings. The molecule has 0 radical (unpaired) electrons. The third-order valence-electron chi connectivity index (χ3n) is 15.0. The molecule has 0 aliphatic carbocycles. The van der Waals surface area contributed by atoms with Crippen LogP contribution in [-0.2, 0) is 71.1 Å². The van der Waals surface area contributed by atoms with Gasteiger partial charge in [-0.1, -0.05) is 0 Å². The van der Waals surface area contributed by atoms with Crippen molar-refractivity contribution in [1.82, 2.24) is 0 Å². The number of hydrogen-bond donors (Lipinski definition) is 20. The quantitative estimate of drug-likeness (QED) is 0.0682. The smallest absolute Gasteiger partial charge is 0.187 e. The molecule has 8 aliphatic rings. The first-order valence-corrected chi connectivity index (χ1v) is 25.5. The van der Waals surface area contributed by atoms with E-state index >= 15 is 0 Å². The Labute approximate surface area is 447 Å². The highest BCUT2D eigenvalue weighted by Crippen LogP contribution is 2.36. The largest absolute Gasteiger partial charge is 0.394 e. The van der Waals surface area contributed by atoms with E-state index in [0.29, 0.717) is 0 Å². The van der Waals surface area contributed by atoms with E-state index in [4.69, 9.17) is 71.1 Å². The van der Waals surface area contributed by atoms with Crippen LogP contribution in [0.5, 0.6) is 0 Å². The SMILES string of the molecule is C[C@@H]1O[C@@H](O[C@H]2C(O)OC[C@@H](O)[C@@H]2O)[C@H](O)[C@H](O[C@@H]2OC[C@@H](O)[C@H](O[C@@H]3O[C@@H](C)[C@H](O[C@@H]4OC[C@@H](O)[C@H](O[C@@H]5O[C@H](CO[C@@H]6O[C@H](CO)[C@@H](O)[C@H](O)[C@H]6O)[C@@H](O[C@@H]6OC[C@@H](O)[C@H](O)[C@H]6O)[C@H](O)[C@H]5O)[C@H]4O)[C@@H](O)[C@H]3O)[C@H]2O)[C@H]1O. The molecule has 8 rings (SSSR count). The molecule has 1 unspecified atom stereocenters. The minimum absolute atomic E-state index is 0.432. The van der Waals surface area contributed by atoms with Gasteiger partial charge in [0.2, 0.25) is 0 Å². The van der Waals surface area contributed by atoms with Gasteiger partial charge < -0.3 is 173 Å². The van der Waals surface area contributed by atoms with Crippen LogP contribution >= 0.6 is 0 Å². The van der Waals surface area contributed by atoms with Crippen molar-refractivity contribution < 1.29 is 173 Å². The van der Waals surface area contributed by atoms with Gasteiger partial charge in [0.15, 0.2) is 50.3 Å². The zero-order chi connectivity index (χ0) is 57.6. The van der Waals surface area contributed by atoms with E-state index in [1.807, 2.05) is 0 Å². The number of rotatable bonds is 16. The molecule has 35 nitrogen and oxygen atoms in total. The van der Waals surface area contributed by atoms with Crippen molar-refractivity contribution >= 4 is 0 Å². The van der Waals surface area contributed by atoms with Crippen molar-refractivity contribution in [1.29, 1.82) is 0 Å². The van der Waals surface area contributed by atoms with Gasteiger partial charge in [0, 0.05) is 0 Å². The fourth-order valence-electron chi connectivity index (χ4n) is 10.2. The van der Waals surface area contributed by atoms with E-state index in [9.17, 15) is 102 Å². The predicted octanol–water partition coefficient (Wildman–Crippen LogP) is -13.8. The molecule has 8 fully saturated rings.